The molecular weight excluding hydrogens is 506 g/mol. The fourth-order valence-corrected chi connectivity index (χ4v) is 4.56. The van der Waals surface area contributed by atoms with Gasteiger partial charge in [-0.1, -0.05) is 18.2 Å². The number of aromatic nitrogens is 1. The number of aromatic amines is 1. The van der Waals surface area contributed by atoms with Gasteiger partial charge < -0.3 is 19.9 Å². The van der Waals surface area contributed by atoms with Crippen molar-refractivity contribution in [3.8, 4) is 5.75 Å². The molecule has 2 heterocycles. The topological polar surface area (TPSA) is 81.8 Å². The van der Waals surface area contributed by atoms with Gasteiger partial charge in [-0.15, -0.1) is 0 Å². The summed E-state index contributed by atoms with van der Waals surface area (Å²) >= 11 is 3.53. The number of benzene rings is 1. The van der Waals surface area contributed by atoms with Gasteiger partial charge in [0.05, 0.1) is 12.2 Å². The molecule has 4 rings (SSSR count). The van der Waals surface area contributed by atoms with E-state index in [1.54, 1.807) is 6.20 Å². The molecule has 186 valence electrons. The number of nitrogens with one attached hydrogen (secondary N) is 3. The Balaban J connectivity index is 1.47. The van der Waals surface area contributed by atoms with Gasteiger partial charge in [0.25, 0.3) is 5.56 Å². The predicted molar refractivity (Wildman–Crippen MR) is 147 cm³/mol. The average Bonchev–Trinajstić information content (AvgIpc) is 2.88. The number of H-pyrrole nitrogens is 1. The van der Waals surface area contributed by atoms with Gasteiger partial charge in [0.1, 0.15) is 18.2 Å². The van der Waals surface area contributed by atoms with Crippen molar-refractivity contribution in [2.24, 2.45) is 4.99 Å². The third-order valence-electron chi connectivity index (χ3n) is 6.50. The minimum Gasteiger partial charge on any atom is -0.489 e. The summed E-state index contributed by atoms with van der Waals surface area (Å²) in [6.07, 6.45) is 12.4. The molecule has 0 spiro atoms. The first-order valence-electron chi connectivity index (χ1n) is 12.2. The van der Waals surface area contributed by atoms with E-state index in [0.29, 0.717) is 30.7 Å². The first-order chi connectivity index (χ1) is 17.0. The van der Waals surface area contributed by atoms with Gasteiger partial charge in [-0.3, -0.25) is 15.1 Å². The molecule has 1 saturated heterocycles. The number of rotatable bonds is 8. The van der Waals surface area contributed by atoms with Gasteiger partial charge in [0.15, 0.2) is 0 Å². The summed E-state index contributed by atoms with van der Waals surface area (Å²) in [5.74, 6) is 1.35. The molecule has 0 amide bonds. The zero-order chi connectivity index (χ0) is 24.6. The van der Waals surface area contributed by atoms with Crippen LogP contribution in [0.4, 0.5) is 5.69 Å². The molecule has 3 N–H and O–H groups in total. The second kappa shape index (κ2) is 12.3. The lowest BCUT2D eigenvalue weighted by molar-refractivity contribution is 0.236. The van der Waals surface area contributed by atoms with Crippen LogP contribution in [-0.4, -0.2) is 55.2 Å². The SMILES string of the molecule is Cc1c(Br)c[nH]c(=O)c1/C(=N\CNC1CCN(C)CC1)Nc1ccc(OCC2=CC=CCC2)cc1. The van der Waals surface area contributed by atoms with Crippen LogP contribution in [0, 0.1) is 6.92 Å². The molecule has 2 aromatic rings. The minimum absolute atomic E-state index is 0.175. The van der Waals surface area contributed by atoms with E-state index >= 15 is 0 Å². The third kappa shape index (κ3) is 7.16. The van der Waals surface area contributed by atoms with Gasteiger partial charge in [-0.05, 0) is 104 Å². The van der Waals surface area contributed by atoms with Crippen LogP contribution in [0.2, 0.25) is 0 Å². The Morgan fingerprint density at radius 3 is 2.74 bits per heavy atom. The lowest BCUT2D eigenvalue weighted by atomic mass is 10.1. The number of anilines is 1. The highest BCUT2D eigenvalue weighted by Crippen LogP contribution is 2.21. The summed E-state index contributed by atoms with van der Waals surface area (Å²) in [5, 5.41) is 6.90. The van der Waals surface area contributed by atoms with Crippen LogP contribution in [-0.2, 0) is 0 Å². The van der Waals surface area contributed by atoms with E-state index in [-0.39, 0.29) is 5.56 Å². The molecule has 1 aromatic carbocycles. The number of halogens is 1. The Kier molecular flexibility index (Phi) is 8.95. The van der Waals surface area contributed by atoms with Crippen LogP contribution in [0.25, 0.3) is 0 Å². The van der Waals surface area contributed by atoms with E-state index < -0.39 is 0 Å². The van der Waals surface area contributed by atoms with Crippen molar-refractivity contribution in [2.45, 2.75) is 38.6 Å². The van der Waals surface area contributed by atoms with Gasteiger partial charge in [-0.25, -0.2) is 0 Å². The van der Waals surface area contributed by atoms with E-state index in [1.165, 1.54) is 5.57 Å². The van der Waals surface area contributed by atoms with E-state index in [1.807, 2.05) is 31.2 Å². The van der Waals surface area contributed by atoms with Crippen molar-refractivity contribution in [3.05, 3.63) is 80.2 Å². The number of ether oxygens (including phenoxy) is 1. The molecular formula is C27H34BrN5O2. The first kappa shape index (κ1) is 25.4. The highest BCUT2D eigenvalue weighted by atomic mass is 79.9. The van der Waals surface area contributed by atoms with Gasteiger partial charge in [0, 0.05) is 22.4 Å². The summed E-state index contributed by atoms with van der Waals surface area (Å²) < 4.78 is 6.78. The van der Waals surface area contributed by atoms with E-state index in [0.717, 1.165) is 60.2 Å². The molecule has 0 bridgehead atoms. The normalized spacial score (nSPS) is 17.3. The number of amidine groups is 1. The maximum atomic E-state index is 12.8. The Bertz CT molecular complexity index is 1150. The zero-order valence-electron chi connectivity index (χ0n) is 20.4. The third-order valence-corrected chi connectivity index (χ3v) is 7.33. The van der Waals surface area contributed by atoms with Gasteiger partial charge in [-0.2, -0.15) is 0 Å². The number of hydrogen-bond donors (Lipinski definition) is 3. The molecule has 0 atom stereocenters. The molecule has 35 heavy (non-hydrogen) atoms. The van der Waals surface area contributed by atoms with E-state index in [4.69, 9.17) is 9.73 Å². The Hall–Kier alpha value is -2.68. The predicted octanol–water partition coefficient (Wildman–Crippen LogP) is 4.60. The second-order valence-corrected chi connectivity index (χ2v) is 10.00. The molecule has 0 radical (unpaired) electrons. The largest absolute Gasteiger partial charge is 0.489 e. The number of piperidine rings is 1. The van der Waals surface area contributed by atoms with Crippen LogP contribution in [0.15, 0.2) is 68.5 Å². The number of likely N-dealkylation sites (tertiary alicyclic amines) is 1. The van der Waals surface area contributed by atoms with Crippen molar-refractivity contribution in [1.82, 2.24) is 15.2 Å². The molecule has 1 fully saturated rings. The van der Waals surface area contributed by atoms with Crippen LogP contribution in [0.3, 0.4) is 0 Å². The van der Waals surface area contributed by atoms with Crippen LogP contribution in [0.1, 0.15) is 36.8 Å². The van der Waals surface area contributed by atoms with Crippen LogP contribution in [0.5, 0.6) is 5.75 Å². The summed E-state index contributed by atoms with van der Waals surface area (Å²) in [6.45, 7) is 5.12. The molecule has 0 saturated carbocycles. The molecule has 1 aromatic heterocycles. The number of pyridine rings is 1. The smallest absolute Gasteiger partial charge is 0.259 e. The highest BCUT2D eigenvalue weighted by Gasteiger charge is 2.17. The maximum absolute atomic E-state index is 12.8. The van der Waals surface area contributed by atoms with Crippen LogP contribution >= 0.6 is 15.9 Å². The number of nitrogens with zero attached hydrogens (tertiary/aromatic N) is 2. The molecule has 1 aliphatic carbocycles. The molecule has 2 aliphatic rings. The fourth-order valence-electron chi connectivity index (χ4n) is 4.25. The quantitative estimate of drug-likeness (QED) is 0.337. The summed E-state index contributed by atoms with van der Waals surface area (Å²) in [5.41, 5.74) is 3.33. The molecule has 7 nitrogen and oxygen atoms in total. The van der Waals surface area contributed by atoms with E-state index in [2.05, 4.69) is 61.7 Å². The summed E-state index contributed by atoms with van der Waals surface area (Å²) in [6, 6.07) is 8.21. The highest BCUT2D eigenvalue weighted by molar-refractivity contribution is 9.10. The number of allylic oxidation sites excluding steroid dienone is 3. The van der Waals surface area contributed by atoms with Crippen molar-refractivity contribution in [1.29, 1.82) is 0 Å². The van der Waals surface area contributed by atoms with Crippen LogP contribution < -0.4 is 20.9 Å². The zero-order valence-corrected chi connectivity index (χ0v) is 22.0. The lowest BCUT2D eigenvalue weighted by Gasteiger charge is -2.29. The minimum atomic E-state index is -0.175. The standard InChI is InChI=1S/C27H34BrN5O2/c1-19-24(28)16-29-27(34)25(19)26(31-18-30-21-12-14-33(2)15-13-21)32-22-8-10-23(11-9-22)35-17-20-6-4-3-5-7-20/h3-4,6,8-11,16,21,30H,5,7,12-15,17-18H2,1-2H3,(H,29,34)(H,31,32). The second-order valence-electron chi connectivity index (χ2n) is 9.14. The lowest BCUT2D eigenvalue weighted by Crippen LogP contribution is -2.41. The summed E-state index contributed by atoms with van der Waals surface area (Å²) in [4.78, 5) is 22.7. The molecule has 1 aliphatic heterocycles. The van der Waals surface area contributed by atoms with Crippen molar-refractivity contribution in [2.75, 3.05) is 38.7 Å². The molecule has 8 heteroatoms. The summed E-state index contributed by atoms with van der Waals surface area (Å²) in [7, 11) is 2.15. The van der Waals surface area contributed by atoms with Crippen molar-refractivity contribution < 1.29 is 4.74 Å². The first-order valence-corrected chi connectivity index (χ1v) is 13.0. The van der Waals surface area contributed by atoms with Gasteiger partial charge in [0.2, 0.25) is 0 Å². The van der Waals surface area contributed by atoms with E-state index in [9.17, 15) is 4.79 Å². The molecule has 0 unspecified atom stereocenters. The number of aliphatic imine (C=N–C) groups is 1. The Labute approximate surface area is 215 Å². The fraction of sp³-hybridized carbons (Fsp3) is 0.407. The Morgan fingerprint density at radius 1 is 1.26 bits per heavy atom. The monoisotopic (exact) mass is 539 g/mol. The Morgan fingerprint density at radius 2 is 2.03 bits per heavy atom. The van der Waals surface area contributed by atoms with Gasteiger partial charge >= 0.3 is 0 Å². The van der Waals surface area contributed by atoms with Crippen molar-refractivity contribution in [3.63, 3.8) is 0 Å². The van der Waals surface area contributed by atoms with Crippen molar-refractivity contribution >= 4 is 27.5 Å². The number of hydrogen-bond acceptors (Lipinski definition) is 5. The maximum Gasteiger partial charge on any atom is 0.259 e. The average molecular weight is 541 g/mol.